The van der Waals surface area contributed by atoms with Crippen molar-refractivity contribution in [3.8, 4) is 11.8 Å². The minimum atomic E-state index is 0.127. The predicted octanol–water partition coefficient (Wildman–Crippen LogP) is 1.30. The Kier molecular flexibility index (Phi) is 5.21. The lowest BCUT2D eigenvalue weighted by atomic mass is 10.1. The highest BCUT2D eigenvalue weighted by molar-refractivity contribution is 7.12. The van der Waals surface area contributed by atoms with Gasteiger partial charge in [0.05, 0.1) is 11.5 Å². The number of hydrogen-bond acceptors (Lipinski definition) is 4. The van der Waals surface area contributed by atoms with Crippen molar-refractivity contribution in [2.24, 2.45) is 5.92 Å². The molecule has 2 rings (SSSR count). The van der Waals surface area contributed by atoms with E-state index >= 15 is 0 Å². The lowest BCUT2D eigenvalue weighted by molar-refractivity contribution is 0.220. The van der Waals surface area contributed by atoms with E-state index in [1.807, 2.05) is 6.07 Å². The summed E-state index contributed by atoms with van der Waals surface area (Å²) in [5, 5.41) is 17.8. The molecule has 1 aliphatic rings. The van der Waals surface area contributed by atoms with Crippen molar-refractivity contribution in [3.63, 3.8) is 0 Å². The molecule has 0 aliphatic carbocycles. The van der Waals surface area contributed by atoms with Gasteiger partial charge in [-0.15, -0.1) is 11.3 Å². The number of aliphatic hydroxyl groups is 2. The zero-order chi connectivity index (χ0) is 12.8. The first-order chi connectivity index (χ1) is 8.81. The van der Waals surface area contributed by atoms with Crippen LogP contribution >= 0.6 is 11.3 Å². The molecule has 18 heavy (non-hydrogen) atoms. The van der Waals surface area contributed by atoms with E-state index in [9.17, 15) is 0 Å². The SMILES string of the molecule is OCCC#Cc1ccc(CN2CCC(CO)C2)s1. The van der Waals surface area contributed by atoms with Crippen LogP contribution < -0.4 is 0 Å². The number of hydrogen-bond donors (Lipinski definition) is 2. The Morgan fingerprint density at radius 1 is 1.39 bits per heavy atom. The molecule has 98 valence electrons. The molecule has 0 amide bonds. The van der Waals surface area contributed by atoms with Crippen molar-refractivity contribution < 1.29 is 10.2 Å². The fraction of sp³-hybridized carbons (Fsp3) is 0.571. The minimum absolute atomic E-state index is 0.127. The maximum atomic E-state index is 9.11. The molecular formula is C14H19NO2S. The average Bonchev–Trinajstić information content (AvgIpc) is 3.00. The monoisotopic (exact) mass is 265 g/mol. The van der Waals surface area contributed by atoms with Crippen LogP contribution in [0.15, 0.2) is 12.1 Å². The van der Waals surface area contributed by atoms with Crippen LogP contribution in [0.2, 0.25) is 0 Å². The topological polar surface area (TPSA) is 43.7 Å². The van der Waals surface area contributed by atoms with Crippen molar-refractivity contribution in [3.05, 3.63) is 21.9 Å². The van der Waals surface area contributed by atoms with Crippen LogP contribution in [0.5, 0.6) is 0 Å². The number of likely N-dealkylation sites (tertiary alicyclic amines) is 1. The Balaban J connectivity index is 1.86. The molecule has 1 aromatic heterocycles. The van der Waals surface area contributed by atoms with Crippen LogP contribution in [0.4, 0.5) is 0 Å². The van der Waals surface area contributed by atoms with E-state index in [4.69, 9.17) is 10.2 Å². The number of thiophene rings is 1. The van der Waals surface area contributed by atoms with Gasteiger partial charge in [-0.1, -0.05) is 11.8 Å². The van der Waals surface area contributed by atoms with Gasteiger partial charge in [-0.25, -0.2) is 0 Å². The van der Waals surface area contributed by atoms with E-state index in [2.05, 4.69) is 22.8 Å². The minimum Gasteiger partial charge on any atom is -0.396 e. The van der Waals surface area contributed by atoms with Crippen molar-refractivity contribution in [1.82, 2.24) is 4.90 Å². The molecule has 0 aromatic carbocycles. The van der Waals surface area contributed by atoms with E-state index in [0.717, 1.165) is 30.9 Å². The molecule has 0 saturated carbocycles. The maximum absolute atomic E-state index is 9.11. The summed E-state index contributed by atoms with van der Waals surface area (Å²) in [5.74, 6) is 6.45. The summed E-state index contributed by atoms with van der Waals surface area (Å²) in [6.07, 6.45) is 1.64. The summed E-state index contributed by atoms with van der Waals surface area (Å²) in [5.41, 5.74) is 0. The van der Waals surface area contributed by atoms with Gasteiger partial charge in [-0.3, -0.25) is 4.90 Å². The van der Waals surface area contributed by atoms with Crippen LogP contribution in [0, 0.1) is 17.8 Å². The fourth-order valence-electron chi connectivity index (χ4n) is 2.16. The van der Waals surface area contributed by atoms with Crippen molar-refractivity contribution >= 4 is 11.3 Å². The zero-order valence-electron chi connectivity index (χ0n) is 10.4. The summed E-state index contributed by atoms with van der Waals surface area (Å²) in [4.78, 5) is 4.77. The highest BCUT2D eigenvalue weighted by Gasteiger charge is 2.21. The number of nitrogens with zero attached hydrogens (tertiary/aromatic N) is 1. The molecule has 0 bridgehead atoms. The van der Waals surface area contributed by atoms with Crippen LogP contribution in [0.1, 0.15) is 22.6 Å². The molecule has 1 saturated heterocycles. The second kappa shape index (κ2) is 6.91. The van der Waals surface area contributed by atoms with Crippen LogP contribution in [0.25, 0.3) is 0 Å². The number of aliphatic hydroxyl groups excluding tert-OH is 2. The summed E-state index contributed by atoms with van der Waals surface area (Å²) in [6.45, 7) is 3.47. The normalized spacial score (nSPS) is 19.8. The van der Waals surface area contributed by atoms with E-state index in [0.29, 0.717) is 18.9 Å². The van der Waals surface area contributed by atoms with E-state index < -0.39 is 0 Å². The zero-order valence-corrected chi connectivity index (χ0v) is 11.2. The largest absolute Gasteiger partial charge is 0.396 e. The Morgan fingerprint density at radius 2 is 2.28 bits per heavy atom. The molecule has 2 N–H and O–H groups in total. The van der Waals surface area contributed by atoms with Crippen molar-refractivity contribution in [2.75, 3.05) is 26.3 Å². The molecule has 1 aliphatic heterocycles. The maximum Gasteiger partial charge on any atom is 0.0771 e. The molecule has 2 heterocycles. The predicted molar refractivity (Wildman–Crippen MR) is 73.4 cm³/mol. The Morgan fingerprint density at radius 3 is 3.00 bits per heavy atom. The van der Waals surface area contributed by atoms with E-state index in [1.165, 1.54) is 4.88 Å². The molecule has 0 spiro atoms. The Hall–Kier alpha value is -0.860. The van der Waals surface area contributed by atoms with Crippen LogP contribution in [-0.4, -0.2) is 41.4 Å². The third-order valence-corrected chi connectivity index (χ3v) is 4.10. The van der Waals surface area contributed by atoms with Crippen molar-refractivity contribution in [2.45, 2.75) is 19.4 Å². The van der Waals surface area contributed by atoms with Gasteiger partial charge >= 0.3 is 0 Å². The highest BCUT2D eigenvalue weighted by Crippen LogP contribution is 2.22. The lowest BCUT2D eigenvalue weighted by Crippen LogP contribution is -2.20. The van der Waals surface area contributed by atoms with Gasteiger partial charge in [0.2, 0.25) is 0 Å². The average molecular weight is 265 g/mol. The number of rotatable bonds is 4. The molecule has 0 radical (unpaired) electrons. The fourth-order valence-corrected chi connectivity index (χ4v) is 3.09. The van der Waals surface area contributed by atoms with Gasteiger partial charge < -0.3 is 10.2 Å². The van der Waals surface area contributed by atoms with E-state index in [-0.39, 0.29) is 6.61 Å². The second-order valence-electron chi connectivity index (χ2n) is 4.61. The standard InChI is InChI=1S/C14H19NO2S/c16-8-2-1-3-13-4-5-14(18-13)10-15-7-6-12(9-15)11-17/h4-5,12,16-17H,2,6-11H2. The molecular weight excluding hydrogens is 246 g/mol. The van der Waals surface area contributed by atoms with Gasteiger partial charge in [-0.05, 0) is 31.0 Å². The summed E-state index contributed by atoms with van der Waals surface area (Å²) in [7, 11) is 0. The molecule has 1 aromatic rings. The van der Waals surface area contributed by atoms with Gasteiger partial charge in [-0.2, -0.15) is 0 Å². The molecule has 1 atom stereocenters. The van der Waals surface area contributed by atoms with Crippen LogP contribution in [-0.2, 0) is 6.54 Å². The van der Waals surface area contributed by atoms with Crippen LogP contribution in [0.3, 0.4) is 0 Å². The van der Waals surface area contributed by atoms with E-state index in [1.54, 1.807) is 11.3 Å². The first kappa shape index (κ1) is 13.6. The molecule has 4 heteroatoms. The lowest BCUT2D eigenvalue weighted by Gasteiger charge is -2.13. The highest BCUT2D eigenvalue weighted by atomic mass is 32.1. The van der Waals surface area contributed by atoms with Gasteiger partial charge in [0.1, 0.15) is 0 Å². The smallest absolute Gasteiger partial charge is 0.0771 e. The third kappa shape index (κ3) is 3.82. The summed E-state index contributed by atoms with van der Waals surface area (Å²) in [6, 6.07) is 4.17. The Labute approximate surface area is 112 Å². The first-order valence-corrected chi connectivity index (χ1v) is 7.15. The quantitative estimate of drug-likeness (QED) is 0.807. The molecule has 1 fully saturated rings. The molecule has 3 nitrogen and oxygen atoms in total. The van der Waals surface area contributed by atoms with Gasteiger partial charge in [0.25, 0.3) is 0 Å². The van der Waals surface area contributed by atoms with Gasteiger partial charge in [0, 0.05) is 31.0 Å². The Bertz CT molecular complexity index is 432. The molecule has 1 unspecified atom stereocenters. The van der Waals surface area contributed by atoms with Gasteiger partial charge in [0.15, 0.2) is 0 Å². The summed E-state index contributed by atoms with van der Waals surface area (Å²) < 4.78 is 0. The summed E-state index contributed by atoms with van der Waals surface area (Å²) >= 11 is 1.72. The first-order valence-electron chi connectivity index (χ1n) is 6.33. The van der Waals surface area contributed by atoms with Crippen molar-refractivity contribution in [1.29, 1.82) is 0 Å². The third-order valence-electron chi connectivity index (χ3n) is 3.12. The second-order valence-corrected chi connectivity index (χ2v) is 5.78.